The second-order valence-corrected chi connectivity index (χ2v) is 4.66. The van der Waals surface area contributed by atoms with Crippen LogP contribution in [0.25, 0.3) is 0 Å². The maximum Gasteiger partial charge on any atom is 0.325 e. The largest absolute Gasteiger partial charge is 0.393 e. The Hall–Kier alpha value is -2.02. The highest BCUT2D eigenvalue weighted by molar-refractivity contribution is 7.80. The molecule has 19 heavy (non-hydrogen) atoms. The zero-order chi connectivity index (χ0) is 14.0. The third-order valence-electron chi connectivity index (χ3n) is 2.81. The van der Waals surface area contributed by atoms with E-state index in [4.69, 9.17) is 18.0 Å². The topological polar surface area (TPSA) is 75.4 Å². The quantitative estimate of drug-likeness (QED) is 0.640. The summed E-state index contributed by atoms with van der Waals surface area (Å²) in [7, 11) is 0. The molecule has 0 spiro atoms. The van der Waals surface area contributed by atoms with E-state index in [2.05, 4.69) is 5.32 Å². The summed E-state index contributed by atoms with van der Waals surface area (Å²) in [6, 6.07) is 4.15. The van der Waals surface area contributed by atoms with Crippen molar-refractivity contribution in [3.63, 3.8) is 0 Å². The fourth-order valence-corrected chi connectivity index (χ4v) is 1.93. The maximum absolute atomic E-state index is 12.8. The second kappa shape index (κ2) is 5.31. The van der Waals surface area contributed by atoms with Gasteiger partial charge < -0.3 is 11.1 Å². The van der Waals surface area contributed by atoms with Gasteiger partial charge in [-0.25, -0.2) is 9.18 Å². The molecule has 2 rings (SSSR count). The number of hydrogen-bond donors (Lipinski definition) is 2. The van der Waals surface area contributed by atoms with Crippen LogP contribution in [0, 0.1) is 5.82 Å². The first-order chi connectivity index (χ1) is 8.99. The Balaban J connectivity index is 2.13. The van der Waals surface area contributed by atoms with E-state index >= 15 is 0 Å². The van der Waals surface area contributed by atoms with E-state index in [0.29, 0.717) is 5.56 Å². The number of nitrogens with two attached hydrogens (primary N) is 1. The van der Waals surface area contributed by atoms with Crippen LogP contribution in [0.1, 0.15) is 18.0 Å². The van der Waals surface area contributed by atoms with Crippen molar-refractivity contribution in [2.24, 2.45) is 5.73 Å². The minimum absolute atomic E-state index is 0.150. The third kappa shape index (κ3) is 2.87. The number of amides is 3. The summed E-state index contributed by atoms with van der Waals surface area (Å²) in [5.74, 6) is -0.779. The van der Waals surface area contributed by atoms with Gasteiger partial charge in [0.25, 0.3) is 5.91 Å². The minimum Gasteiger partial charge on any atom is -0.393 e. The van der Waals surface area contributed by atoms with Crippen LogP contribution < -0.4 is 11.1 Å². The number of carbonyl (C=O) groups is 2. The SMILES string of the molecule is NC(=S)CCN1C(=O)NC(c2ccc(F)cc2)C1=O. The lowest BCUT2D eigenvalue weighted by Gasteiger charge is -2.12. The van der Waals surface area contributed by atoms with Crippen molar-refractivity contribution in [3.05, 3.63) is 35.6 Å². The Morgan fingerprint density at radius 1 is 1.37 bits per heavy atom. The fourth-order valence-electron chi connectivity index (χ4n) is 1.83. The fraction of sp³-hybridized carbons (Fsp3) is 0.250. The van der Waals surface area contributed by atoms with Gasteiger partial charge in [-0.05, 0) is 17.7 Å². The Labute approximate surface area is 114 Å². The van der Waals surface area contributed by atoms with E-state index < -0.39 is 17.9 Å². The van der Waals surface area contributed by atoms with Gasteiger partial charge in [-0.15, -0.1) is 0 Å². The molecule has 0 aliphatic carbocycles. The molecule has 1 heterocycles. The lowest BCUT2D eigenvalue weighted by molar-refractivity contribution is -0.127. The summed E-state index contributed by atoms with van der Waals surface area (Å²) in [5.41, 5.74) is 5.88. The molecule has 0 saturated carbocycles. The number of imide groups is 1. The maximum atomic E-state index is 12.8. The van der Waals surface area contributed by atoms with Gasteiger partial charge in [0, 0.05) is 13.0 Å². The van der Waals surface area contributed by atoms with Crippen LogP contribution in [0.5, 0.6) is 0 Å². The molecule has 7 heteroatoms. The number of halogens is 1. The molecule has 100 valence electrons. The zero-order valence-electron chi connectivity index (χ0n) is 9.93. The summed E-state index contributed by atoms with van der Waals surface area (Å²) >= 11 is 4.71. The summed E-state index contributed by atoms with van der Waals surface area (Å²) in [5, 5.41) is 2.54. The van der Waals surface area contributed by atoms with Gasteiger partial charge in [0.05, 0.1) is 4.99 Å². The van der Waals surface area contributed by atoms with E-state index in [1.54, 1.807) is 0 Å². The van der Waals surface area contributed by atoms with Gasteiger partial charge in [-0.1, -0.05) is 24.4 Å². The van der Waals surface area contributed by atoms with Gasteiger partial charge >= 0.3 is 6.03 Å². The molecule has 0 bridgehead atoms. The van der Waals surface area contributed by atoms with Crippen LogP contribution in [0.3, 0.4) is 0 Å². The Kier molecular flexibility index (Phi) is 3.75. The van der Waals surface area contributed by atoms with E-state index in [1.807, 2.05) is 0 Å². The van der Waals surface area contributed by atoms with E-state index in [1.165, 1.54) is 24.3 Å². The standard InChI is InChI=1S/C12H12FN3O2S/c13-8-3-1-7(2-4-8)10-11(17)16(12(18)15-10)6-5-9(14)19/h1-4,10H,5-6H2,(H2,14,19)(H,15,18). The Bertz CT molecular complexity index is 532. The second-order valence-electron chi connectivity index (χ2n) is 4.14. The summed E-state index contributed by atoms with van der Waals surface area (Å²) in [6.07, 6.45) is 0.282. The van der Waals surface area contributed by atoms with Crippen molar-refractivity contribution in [2.45, 2.75) is 12.5 Å². The molecule has 1 unspecified atom stereocenters. The number of rotatable bonds is 4. The van der Waals surface area contributed by atoms with E-state index in [-0.39, 0.29) is 23.9 Å². The van der Waals surface area contributed by atoms with Crippen LogP contribution in [0.4, 0.5) is 9.18 Å². The molecule has 1 aromatic rings. The van der Waals surface area contributed by atoms with Crippen LogP contribution >= 0.6 is 12.2 Å². The number of hydrogen-bond acceptors (Lipinski definition) is 3. The number of urea groups is 1. The molecule has 1 aromatic carbocycles. The molecule has 1 saturated heterocycles. The monoisotopic (exact) mass is 281 g/mol. The molecule has 0 radical (unpaired) electrons. The Morgan fingerprint density at radius 2 is 2.00 bits per heavy atom. The predicted octanol–water partition coefficient (Wildman–Crippen LogP) is 1.09. The lowest BCUT2D eigenvalue weighted by Crippen LogP contribution is -2.33. The number of benzene rings is 1. The first kappa shape index (κ1) is 13.4. The van der Waals surface area contributed by atoms with Crippen LogP contribution in [0.2, 0.25) is 0 Å². The first-order valence-corrected chi connectivity index (χ1v) is 6.05. The van der Waals surface area contributed by atoms with Crippen molar-refractivity contribution >= 4 is 29.1 Å². The van der Waals surface area contributed by atoms with Crippen LogP contribution in [-0.4, -0.2) is 28.4 Å². The van der Waals surface area contributed by atoms with Gasteiger partial charge in [0.2, 0.25) is 0 Å². The van der Waals surface area contributed by atoms with Crippen LogP contribution in [0.15, 0.2) is 24.3 Å². The van der Waals surface area contributed by atoms with Crippen molar-refractivity contribution in [1.82, 2.24) is 10.2 Å². The highest BCUT2D eigenvalue weighted by atomic mass is 32.1. The summed E-state index contributed by atoms with van der Waals surface area (Å²) < 4.78 is 12.8. The molecule has 3 N–H and O–H groups in total. The van der Waals surface area contributed by atoms with Crippen LogP contribution in [-0.2, 0) is 4.79 Å². The molecule has 1 fully saturated rings. The minimum atomic E-state index is -0.778. The van der Waals surface area contributed by atoms with E-state index in [9.17, 15) is 14.0 Å². The van der Waals surface area contributed by atoms with Gasteiger partial charge in [-0.2, -0.15) is 0 Å². The number of carbonyl (C=O) groups excluding carboxylic acids is 2. The average Bonchev–Trinajstić information content (AvgIpc) is 2.63. The predicted molar refractivity (Wildman–Crippen MR) is 70.8 cm³/mol. The number of thiocarbonyl (C=S) groups is 1. The molecular weight excluding hydrogens is 269 g/mol. The normalized spacial score (nSPS) is 18.6. The first-order valence-electron chi connectivity index (χ1n) is 5.64. The highest BCUT2D eigenvalue weighted by Crippen LogP contribution is 2.22. The zero-order valence-corrected chi connectivity index (χ0v) is 10.7. The van der Waals surface area contributed by atoms with Crippen molar-refractivity contribution in [1.29, 1.82) is 0 Å². The summed E-state index contributed by atoms with van der Waals surface area (Å²) in [6.45, 7) is 0.150. The molecular formula is C12H12FN3O2S. The van der Waals surface area contributed by atoms with Crippen molar-refractivity contribution in [3.8, 4) is 0 Å². The van der Waals surface area contributed by atoms with Crippen molar-refractivity contribution in [2.75, 3.05) is 6.54 Å². The van der Waals surface area contributed by atoms with Crippen molar-refractivity contribution < 1.29 is 14.0 Å². The molecule has 5 nitrogen and oxygen atoms in total. The van der Waals surface area contributed by atoms with Gasteiger partial charge in [0.15, 0.2) is 0 Å². The molecule has 1 atom stereocenters. The molecule has 0 aromatic heterocycles. The lowest BCUT2D eigenvalue weighted by atomic mass is 10.1. The molecule has 1 aliphatic rings. The third-order valence-corrected chi connectivity index (χ3v) is 3.02. The van der Waals surface area contributed by atoms with E-state index in [0.717, 1.165) is 4.90 Å². The smallest absolute Gasteiger partial charge is 0.325 e. The summed E-state index contributed by atoms with van der Waals surface area (Å²) in [4.78, 5) is 25.1. The number of nitrogens with one attached hydrogen (secondary N) is 1. The highest BCUT2D eigenvalue weighted by Gasteiger charge is 2.38. The van der Waals surface area contributed by atoms with Gasteiger partial charge in [-0.3, -0.25) is 9.69 Å². The molecule has 1 aliphatic heterocycles. The Morgan fingerprint density at radius 3 is 2.58 bits per heavy atom. The van der Waals surface area contributed by atoms with Gasteiger partial charge in [0.1, 0.15) is 11.9 Å². The average molecular weight is 281 g/mol. The number of nitrogens with zero attached hydrogens (tertiary/aromatic N) is 1. The molecule has 3 amide bonds.